The van der Waals surface area contributed by atoms with Crippen molar-refractivity contribution in [1.82, 2.24) is 5.32 Å². The number of esters is 1. The van der Waals surface area contributed by atoms with Crippen LogP contribution in [0.1, 0.15) is 56.7 Å². The maximum absolute atomic E-state index is 12.9. The molecule has 0 aliphatic heterocycles. The first-order valence-corrected chi connectivity index (χ1v) is 10.9. The van der Waals surface area contributed by atoms with Crippen LogP contribution in [-0.2, 0) is 14.3 Å². The highest BCUT2D eigenvalue weighted by molar-refractivity contribution is 5.76. The highest BCUT2D eigenvalue weighted by Gasteiger charge is 2.24. The number of unbranched alkanes of at least 4 members (excludes halogenated alkanes) is 1. The minimum absolute atomic E-state index is 0.0950. The summed E-state index contributed by atoms with van der Waals surface area (Å²) in [4.78, 5) is 12.9. The first kappa shape index (κ1) is 23.8. The van der Waals surface area contributed by atoms with Gasteiger partial charge < -0.3 is 9.47 Å². The van der Waals surface area contributed by atoms with Crippen LogP contribution in [0.4, 0.5) is 0 Å². The number of carbonyl (C=O) groups excluding carboxylic acids is 1. The number of rotatable bonds is 13. The molecule has 1 N–H and O–H groups in total. The van der Waals surface area contributed by atoms with Gasteiger partial charge in [0, 0.05) is 7.11 Å². The van der Waals surface area contributed by atoms with Crippen LogP contribution in [0.2, 0.25) is 0 Å². The van der Waals surface area contributed by atoms with Crippen molar-refractivity contribution in [2.75, 3.05) is 13.7 Å². The molecule has 0 amide bonds. The second kappa shape index (κ2) is 13.7. The molecule has 0 bridgehead atoms. The Bertz CT molecular complexity index is 706. The quantitative estimate of drug-likeness (QED) is 0.271. The van der Waals surface area contributed by atoms with E-state index in [-0.39, 0.29) is 18.1 Å². The predicted octanol–water partition coefficient (Wildman–Crippen LogP) is 5.45. The number of carbonyl (C=O) groups is 1. The highest BCUT2D eigenvalue weighted by atomic mass is 16.5. The molecule has 2 aromatic rings. The van der Waals surface area contributed by atoms with Gasteiger partial charge in [0.15, 0.2) is 0 Å². The predicted molar refractivity (Wildman–Crippen MR) is 122 cm³/mol. The summed E-state index contributed by atoms with van der Waals surface area (Å²) in [7, 11) is 1.71. The van der Waals surface area contributed by atoms with E-state index in [0.717, 1.165) is 30.4 Å². The first-order chi connectivity index (χ1) is 14.7. The Morgan fingerprint density at radius 2 is 1.53 bits per heavy atom. The number of methoxy groups -OCH3 is 1. The van der Waals surface area contributed by atoms with Crippen molar-refractivity contribution in [1.29, 1.82) is 0 Å². The molecule has 0 spiro atoms. The van der Waals surface area contributed by atoms with Gasteiger partial charge in [0.1, 0.15) is 6.04 Å². The van der Waals surface area contributed by atoms with Gasteiger partial charge in [-0.1, -0.05) is 86.2 Å². The minimum Gasteiger partial charge on any atom is -0.465 e. The lowest BCUT2D eigenvalue weighted by molar-refractivity contribution is -0.146. The van der Waals surface area contributed by atoms with Crippen LogP contribution in [-0.4, -0.2) is 31.8 Å². The van der Waals surface area contributed by atoms with Gasteiger partial charge in [-0.3, -0.25) is 10.1 Å². The summed E-state index contributed by atoms with van der Waals surface area (Å²) in [5.74, 6) is -0.204. The zero-order valence-corrected chi connectivity index (χ0v) is 18.4. The summed E-state index contributed by atoms with van der Waals surface area (Å²) in [6.07, 6.45) is 7.53. The van der Waals surface area contributed by atoms with Crippen molar-refractivity contribution in [2.24, 2.45) is 0 Å². The topological polar surface area (TPSA) is 47.6 Å². The molecule has 0 aliphatic rings. The fraction of sp³-hybridized carbons (Fsp3) is 0.423. The van der Waals surface area contributed by atoms with Gasteiger partial charge in [-0.25, -0.2) is 0 Å². The average molecular weight is 410 g/mol. The minimum atomic E-state index is -0.429. The van der Waals surface area contributed by atoms with Gasteiger partial charge in [-0.15, -0.1) is 0 Å². The zero-order chi connectivity index (χ0) is 21.6. The zero-order valence-electron chi connectivity index (χ0n) is 18.4. The van der Waals surface area contributed by atoms with E-state index < -0.39 is 6.04 Å². The molecular formula is C26H35NO3. The van der Waals surface area contributed by atoms with Crippen molar-refractivity contribution in [3.63, 3.8) is 0 Å². The third-order valence-electron chi connectivity index (χ3n) is 5.07. The molecule has 4 heteroatoms. The van der Waals surface area contributed by atoms with Crippen molar-refractivity contribution in [3.05, 3.63) is 83.9 Å². The maximum atomic E-state index is 12.9. The third kappa shape index (κ3) is 8.13. The molecule has 4 nitrogen and oxygen atoms in total. The maximum Gasteiger partial charge on any atom is 0.323 e. The Labute approximate surface area is 181 Å². The monoisotopic (exact) mass is 409 g/mol. The summed E-state index contributed by atoms with van der Waals surface area (Å²) < 4.78 is 10.8. The molecule has 162 valence electrons. The standard InChI is InChI=1S/C26H35NO3/c1-4-5-20-30-26(28)24(19-13-12-14-21(2)29-3)27-25(22-15-8-6-9-16-22)23-17-10-7-11-18-23/h6-13,15-18,21,24-25,27H,4-5,14,19-20H2,1-3H3/b13-12+/t21-,24-/m0/s1. The molecule has 30 heavy (non-hydrogen) atoms. The molecule has 2 atom stereocenters. The molecule has 0 saturated carbocycles. The van der Waals surface area contributed by atoms with E-state index in [0.29, 0.717) is 13.0 Å². The van der Waals surface area contributed by atoms with Gasteiger partial charge in [0.25, 0.3) is 0 Å². The lowest BCUT2D eigenvalue weighted by atomic mass is 9.97. The summed E-state index contributed by atoms with van der Waals surface area (Å²) in [6.45, 7) is 4.57. The second-order valence-electron chi connectivity index (χ2n) is 7.48. The number of hydrogen-bond acceptors (Lipinski definition) is 4. The van der Waals surface area contributed by atoms with Gasteiger partial charge in [-0.05, 0) is 37.3 Å². The van der Waals surface area contributed by atoms with Crippen LogP contribution < -0.4 is 5.32 Å². The van der Waals surface area contributed by atoms with Crippen molar-refractivity contribution < 1.29 is 14.3 Å². The largest absolute Gasteiger partial charge is 0.465 e. The molecule has 0 radical (unpaired) electrons. The Morgan fingerprint density at radius 3 is 2.07 bits per heavy atom. The van der Waals surface area contributed by atoms with E-state index in [1.807, 2.05) is 49.4 Å². The van der Waals surface area contributed by atoms with Crippen LogP contribution in [0.3, 0.4) is 0 Å². The van der Waals surface area contributed by atoms with E-state index in [1.165, 1.54) is 0 Å². The van der Waals surface area contributed by atoms with Crippen LogP contribution in [0.5, 0.6) is 0 Å². The van der Waals surface area contributed by atoms with Crippen molar-refractivity contribution >= 4 is 5.97 Å². The number of hydrogen-bond donors (Lipinski definition) is 1. The second-order valence-corrected chi connectivity index (χ2v) is 7.48. The van der Waals surface area contributed by atoms with Crippen molar-refractivity contribution in [3.8, 4) is 0 Å². The highest BCUT2D eigenvalue weighted by Crippen LogP contribution is 2.23. The molecule has 0 saturated heterocycles. The Kier molecular flexibility index (Phi) is 10.9. The van der Waals surface area contributed by atoms with E-state index in [4.69, 9.17) is 9.47 Å². The number of nitrogens with one attached hydrogen (secondary N) is 1. The van der Waals surface area contributed by atoms with E-state index in [1.54, 1.807) is 7.11 Å². The van der Waals surface area contributed by atoms with Crippen LogP contribution in [0, 0.1) is 0 Å². The molecule has 0 unspecified atom stereocenters. The third-order valence-corrected chi connectivity index (χ3v) is 5.07. The lowest BCUT2D eigenvalue weighted by Crippen LogP contribution is -2.40. The Balaban J connectivity index is 2.19. The smallest absolute Gasteiger partial charge is 0.323 e. The van der Waals surface area contributed by atoms with Crippen LogP contribution in [0.25, 0.3) is 0 Å². The molecule has 0 aromatic heterocycles. The van der Waals surface area contributed by atoms with Gasteiger partial charge >= 0.3 is 5.97 Å². The van der Waals surface area contributed by atoms with Gasteiger partial charge in [-0.2, -0.15) is 0 Å². The summed E-state index contributed by atoms with van der Waals surface area (Å²) >= 11 is 0. The van der Waals surface area contributed by atoms with E-state index in [2.05, 4.69) is 42.6 Å². The Morgan fingerprint density at radius 1 is 0.967 bits per heavy atom. The van der Waals surface area contributed by atoms with Crippen molar-refractivity contribution in [2.45, 2.75) is 57.7 Å². The molecule has 0 fully saturated rings. The van der Waals surface area contributed by atoms with Gasteiger partial charge in [0.2, 0.25) is 0 Å². The van der Waals surface area contributed by atoms with E-state index in [9.17, 15) is 4.79 Å². The molecule has 2 aromatic carbocycles. The number of ether oxygens (including phenoxy) is 2. The first-order valence-electron chi connectivity index (χ1n) is 10.9. The molecule has 2 rings (SSSR count). The number of benzene rings is 2. The fourth-order valence-electron chi connectivity index (χ4n) is 3.14. The molecular weight excluding hydrogens is 374 g/mol. The normalized spacial score (nSPS) is 13.5. The van der Waals surface area contributed by atoms with Crippen LogP contribution in [0.15, 0.2) is 72.8 Å². The van der Waals surface area contributed by atoms with Gasteiger partial charge in [0.05, 0.1) is 18.8 Å². The van der Waals surface area contributed by atoms with Crippen LogP contribution >= 0.6 is 0 Å². The summed E-state index contributed by atoms with van der Waals surface area (Å²) in [5, 5.41) is 3.56. The lowest BCUT2D eigenvalue weighted by Gasteiger charge is -2.25. The SMILES string of the molecule is CCCCOC(=O)[C@H](C/C=C/C[C@H](C)OC)NC(c1ccccc1)c1ccccc1. The fourth-order valence-corrected chi connectivity index (χ4v) is 3.14. The molecule has 0 aliphatic carbocycles. The molecule has 0 heterocycles. The summed E-state index contributed by atoms with van der Waals surface area (Å²) in [5.41, 5.74) is 2.24. The van der Waals surface area contributed by atoms with E-state index >= 15 is 0 Å². The summed E-state index contributed by atoms with van der Waals surface area (Å²) in [6, 6.07) is 19.9. The Hall–Kier alpha value is -2.43. The average Bonchev–Trinajstić information content (AvgIpc) is 2.79.